The van der Waals surface area contributed by atoms with Crippen molar-refractivity contribution in [2.24, 2.45) is 13.0 Å². The largest absolute Gasteiger partial charge is 0.381 e. The van der Waals surface area contributed by atoms with Crippen molar-refractivity contribution in [2.75, 3.05) is 30.7 Å². The number of hydrogen-bond donors (Lipinski definition) is 3. The van der Waals surface area contributed by atoms with Crippen molar-refractivity contribution in [3.63, 3.8) is 0 Å². The van der Waals surface area contributed by atoms with E-state index < -0.39 is 11.9 Å². The maximum atomic E-state index is 14.3. The number of fused-ring (bicyclic) bond motifs is 1. The van der Waals surface area contributed by atoms with Gasteiger partial charge in [-0.2, -0.15) is 5.10 Å². The van der Waals surface area contributed by atoms with Crippen LogP contribution in [0.15, 0.2) is 72.0 Å². The Balaban J connectivity index is 1.54. The quantitative estimate of drug-likeness (QED) is 0.220. The number of nitrogens with two attached hydrogens (primary N) is 1. The molecule has 44 heavy (non-hydrogen) atoms. The molecule has 1 fully saturated rings. The smallest absolute Gasteiger partial charge is 0.264 e. The number of amides is 2. The molecule has 0 saturated carbocycles. The standard InChI is InChI=1S/C34H37N7O3/c1-5-18-36-32-30(31(35)38-39(32)4)33(43)37-22(2)28-21-26-11-9-10-25(15-14-24-16-19-40(20-17-24)23(3)42)29(26)34(44)41(28)27-12-7-6-8-13-27/h5-13,21-22,24,36H,1,16-20H2,2-4H3,(H2,35,38)(H,37,43). The number of anilines is 2. The van der Waals surface area contributed by atoms with Gasteiger partial charge in [0, 0.05) is 56.5 Å². The molecular weight excluding hydrogens is 554 g/mol. The summed E-state index contributed by atoms with van der Waals surface area (Å²) in [7, 11) is 1.70. The maximum absolute atomic E-state index is 14.3. The number of benzene rings is 2. The molecule has 226 valence electrons. The molecule has 0 radical (unpaired) electrons. The first-order chi connectivity index (χ1) is 21.2. The lowest BCUT2D eigenvalue weighted by Crippen LogP contribution is -2.36. The number of likely N-dealkylation sites (tertiary alicyclic amines) is 1. The Morgan fingerprint density at radius 1 is 1.16 bits per heavy atom. The van der Waals surface area contributed by atoms with Gasteiger partial charge in [0.25, 0.3) is 11.5 Å². The molecule has 0 aliphatic carbocycles. The van der Waals surface area contributed by atoms with Gasteiger partial charge in [-0.3, -0.25) is 23.6 Å². The van der Waals surface area contributed by atoms with Crippen LogP contribution in [0, 0.1) is 17.8 Å². The third-order valence-electron chi connectivity index (χ3n) is 7.95. The molecule has 2 aromatic heterocycles. The van der Waals surface area contributed by atoms with Crippen molar-refractivity contribution in [3.05, 3.63) is 94.4 Å². The Morgan fingerprint density at radius 2 is 1.89 bits per heavy atom. The van der Waals surface area contributed by atoms with Crippen LogP contribution in [0.2, 0.25) is 0 Å². The Bertz CT molecular complexity index is 1840. The fourth-order valence-corrected chi connectivity index (χ4v) is 5.65. The Kier molecular flexibility index (Phi) is 8.86. The molecule has 1 saturated heterocycles. The van der Waals surface area contributed by atoms with Crippen molar-refractivity contribution in [2.45, 2.75) is 32.7 Å². The molecular formula is C34H37N7O3. The average molecular weight is 592 g/mol. The lowest BCUT2D eigenvalue weighted by molar-refractivity contribution is -0.129. The number of nitrogens with one attached hydrogen (secondary N) is 2. The van der Waals surface area contributed by atoms with Gasteiger partial charge in [0.15, 0.2) is 5.82 Å². The molecule has 2 aromatic carbocycles. The topological polar surface area (TPSA) is 127 Å². The minimum absolute atomic E-state index is 0.0850. The Labute approximate surface area is 256 Å². The van der Waals surface area contributed by atoms with E-state index >= 15 is 0 Å². The van der Waals surface area contributed by atoms with E-state index in [1.807, 2.05) is 66.4 Å². The fraction of sp³-hybridized carbons (Fsp3) is 0.294. The summed E-state index contributed by atoms with van der Waals surface area (Å²) in [6, 6.07) is 16.3. The molecule has 2 amide bonds. The first kappa shape index (κ1) is 30.2. The number of nitrogen functional groups attached to an aromatic ring is 1. The van der Waals surface area contributed by atoms with Crippen LogP contribution in [0.25, 0.3) is 16.5 Å². The summed E-state index contributed by atoms with van der Waals surface area (Å²) >= 11 is 0. The number of carbonyl (C=O) groups is 2. The highest BCUT2D eigenvalue weighted by atomic mass is 16.2. The zero-order chi connectivity index (χ0) is 31.4. The van der Waals surface area contributed by atoms with Gasteiger partial charge in [0.05, 0.1) is 11.4 Å². The lowest BCUT2D eigenvalue weighted by Gasteiger charge is -2.28. The SMILES string of the molecule is C=CCNc1c(C(=O)NC(C)c2cc3cccc(C#CC4CCN(C(C)=O)CC4)c3c(=O)n2-c2ccccc2)c(N)nn1C. The van der Waals surface area contributed by atoms with Gasteiger partial charge in [0.2, 0.25) is 5.91 Å². The van der Waals surface area contributed by atoms with Crippen LogP contribution in [0.3, 0.4) is 0 Å². The molecule has 1 unspecified atom stereocenters. The van der Waals surface area contributed by atoms with E-state index in [0.29, 0.717) is 47.8 Å². The van der Waals surface area contributed by atoms with Gasteiger partial charge in [-0.05, 0) is 49.4 Å². The fourth-order valence-electron chi connectivity index (χ4n) is 5.65. The minimum atomic E-state index is -0.576. The number of hydrogen-bond acceptors (Lipinski definition) is 6. The van der Waals surface area contributed by atoms with E-state index in [9.17, 15) is 14.4 Å². The zero-order valence-corrected chi connectivity index (χ0v) is 25.3. The molecule has 3 heterocycles. The summed E-state index contributed by atoms with van der Waals surface area (Å²) < 4.78 is 3.15. The van der Waals surface area contributed by atoms with Crippen LogP contribution in [0.4, 0.5) is 11.6 Å². The van der Waals surface area contributed by atoms with E-state index in [4.69, 9.17) is 5.73 Å². The third-order valence-corrected chi connectivity index (χ3v) is 7.95. The van der Waals surface area contributed by atoms with Crippen molar-refractivity contribution in [3.8, 4) is 17.5 Å². The molecule has 10 heteroatoms. The number of carbonyl (C=O) groups excluding carboxylic acids is 2. The van der Waals surface area contributed by atoms with Gasteiger partial charge in [-0.15, -0.1) is 6.58 Å². The number of para-hydroxylation sites is 1. The average Bonchev–Trinajstić information content (AvgIpc) is 3.31. The summed E-state index contributed by atoms with van der Waals surface area (Å²) in [5.41, 5.74) is 8.04. The van der Waals surface area contributed by atoms with Crippen LogP contribution in [0.5, 0.6) is 0 Å². The summed E-state index contributed by atoms with van der Waals surface area (Å²) in [5.74, 6) is 7.03. The molecule has 4 N–H and O–H groups in total. The molecule has 1 aliphatic heterocycles. The van der Waals surface area contributed by atoms with Crippen molar-refractivity contribution in [1.82, 2.24) is 24.6 Å². The second-order valence-electron chi connectivity index (χ2n) is 11.0. The molecule has 4 aromatic rings. The normalized spacial score (nSPS) is 14.0. The number of nitrogens with zero attached hydrogens (tertiary/aromatic N) is 4. The van der Waals surface area contributed by atoms with E-state index in [1.165, 1.54) is 4.68 Å². The van der Waals surface area contributed by atoms with Gasteiger partial charge in [-0.25, -0.2) is 0 Å². The van der Waals surface area contributed by atoms with Crippen LogP contribution >= 0.6 is 0 Å². The molecule has 0 bridgehead atoms. The summed E-state index contributed by atoms with van der Waals surface area (Å²) in [6.45, 7) is 8.95. The van der Waals surface area contributed by atoms with E-state index in [0.717, 1.165) is 18.2 Å². The monoisotopic (exact) mass is 591 g/mol. The van der Waals surface area contributed by atoms with Gasteiger partial charge in [-0.1, -0.05) is 48.2 Å². The first-order valence-electron chi connectivity index (χ1n) is 14.7. The highest BCUT2D eigenvalue weighted by molar-refractivity contribution is 6.03. The summed E-state index contributed by atoms with van der Waals surface area (Å²) in [5, 5.41) is 11.6. The number of aromatic nitrogens is 3. The second-order valence-corrected chi connectivity index (χ2v) is 11.0. The molecule has 1 aliphatic rings. The Morgan fingerprint density at radius 3 is 2.57 bits per heavy atom. The lowest BCUT2D eigenvalue weighted by atomic mass is 9.96. The number of aryl methyl sites for hydroxylation is 1. The van der Waals surface area contributed by atoms with Crippen molar-refractivity contribution >= 4 is 34.2 Å². The zero-order valence-electron chi connectivity index (χ0n) is 25.3. The van der Waals surface area contributed by atoms with E-state index in [1.54, 1.807) is 24.6 Å². The van der Waals surface area contributed by atoms with Crippen molar-refractivity contribution in [1.29, 1.82) is 0 Å². The van der Waals surface area contributed by atoms with Crippen molar-refractivity contribution < 1.29 is 9.59 Å². The number of rotatable bonds is 7. The van der Waals surface area contributed by atoms with E-state index in [2.05, 4.69) is 34.2 Å². The molecule has 1 atom stereocenters. The summed E-state index contributed by atoms with van der Waals surface area (Å²) in [6.07, 6.45) is 3.29. The van der Waals surface area contributed by atoms with Crippen LogP contribution in [-0.4, -0.2) is 50.7 Å². The Hall–Kier alpha value is -5.30. The molecule has 0 spiro atoms. The third kappa shape index (κ3) is 6.08. The predicted molar refractivity (Wildman–Crippen MR) is 174 cm³/mol. The first-order valence-corrected chi connectivity index (χ1v) is 14.7. The van der Waals surface area contributed by atoms with Gasteiger partial charge in [0.1, 0.15) is 11.4 Å². The minimum Gasteiger partial charge on any atom is -0.381 e. The highest BCUT2D eigenvalue weighted by Gasteiger charge is 2.25. The van der Waals surface area contributed by atoms with Crippen LogP contribution in [-0.2, 0) is 11.8 Å². The molecule has 10 nitrogen and oxygen atoms in total. The second kappa shape index (κ2) is 12.9. The van der Waals surface area contributed by atoms with Crippen LogP contribution < -0.4 is 21.9 Å². The maximum Gasteiger partial charge on any atom is 0.264 e. The van der Waals surface area contributed by atoms with Crippen LogP contribution in [0.1, 0.15) is 54.3 Å². The highest BCUT2D eigenvalue weighted by Crippen LogP contribution is 2.26. The van der Waals surface area contributed by atoms with Gasteiger partial charge >= 0.3 is 0 Å². The van der Waals surface area contributed by atoms with E-state index in [-0.39, 0.29) is 28.8 Å². The molecule has 5 rings (SSSR count). The van der Waals surface area contributed by atoms with Gasteiger partial charge < -0.3 is 21.3 Å². The number of piperidine rings is 1. The summed E-state index contributed by atoms with van der Waals surface area (Å²) in [4.78, 5) is 41.4. The number of pyridine rings is 1. The predicted octanol–water partition coefficient (Wildman–Crippen LogP) is 4.01.